The first kappa shape index (κ1) is 52.9. The van der Waals surface area contributed by atoms with E-state index in [4.69, 9.17) is 9.84 Å². The summed E-state index contributed by atoms with van der Waals surface area (Å²) in [6.07, 6.45) is 62.0. The Balaban J connectivity index is 3.12. The van der Waals surface area contributed by atoms with E-state index >= 15 is 0 Å². The van der Waals surface area contributed by atoms with E-state index in [0.717, 1.165) is 32.3 Å². The SMILES string of the molecule is CCCCCCCCCCCCCCCCOCC(O)CCCCCCCCCCCCCCCCCCCCCCCCCCCCCCCCO. The molecule has 0 fully saturated rings. The first-order chi connectivity index (χ1) is 26.3. The van der Waals surface area contributed by atoms with Crippen molar-refractivity contribution >= 4 is 0 Å². The fourth-order valence-electron chi connectivity index (χ4n) is 8.14. The van der Waals surface area contributed by atoms with Crippen LogP contribution in [0.3, 0.4) is 0 Å². The maximum Gasteiger partial charge on any atom is 0.0773 e. The van der Waals surface area contributed by atoms with Crippen LogP contribution in [0.25, 0.3) is 0 Å². The number of ether oxygens (including phenoxy) is 1. The molecule has 0 spiro atoms. The zero-order valence-corrected chi connectivity index (χ0v) is 36.8. The van der Waals surface area contributed by atoms with E-state index in [1.165, 1.54) is 263 Å². The Morgan fingerprint density at radius 1 is 0.302 bits per heavy atom. The molecule has 0 heterocycles. The van der Waals surface area contributed by atoms with E-state index in [0.29, 0.717) is 13.2 Å². The van der Waals surface area contributed by atoms with E-state index in [-0.39, 0.29) is 6.10 Å². The Kier molecular flexibility index (Phi) is 49.8. The molecule has 320 valence electrons. The summed E-state index contributed by atoms with van der Waals surface area (Å²) in [5.41, 5.74) is 0. The molecule has 0 radical (unpaired) electrons. The largest absolute Gasteiger partial charge is 0.396 e. The van der Waals surface area contributed by atoms with Crippen molar-refractivity contribution in [2.45, 2.75) is 302 Å². The van der Waals surface area contributed by atoms with Gasteiger partial charge in [0.25, 0.3) is 0 Å². The number of aliphatic hydroxyl groups excluding tert-OH is 2. The van der Waals surface area contributed by atoms with Crippen LogP contribution in [-0.2, 0) is 4.74 Å². The van der Waals surface area contributed by atoms with Gasteiger partial charge in [-0.15, -0.1) is 0 Å². The maximum absolute atomic E-state index is 10.2. The normalized spacial score (nSPS) is 12.3. The van der Waals surface area contributed by atoms with Gasteiger partial charge in [-0.2, -0.15) is 0 Å². The molecule has 0 aromatic rings. The third kappa shape index (κ3) is 49.9. The van der Waals surface area contributed by atoms with Crippen LogP contribution in [0, 0.1) is 0 Å². The smallest absolute Gasteiger partial charge is 0.0773 e. The van der Waals surface area contributed by atoms with Gasteiger partial charge in [0.15, 0.2) is 0 Å². The minimum atomic E-state index is -0.262. The number of hydrogen-bond acceptors (Lipinski definition) is 3. The van der Waals surface area contributed by atoms with Crippen molar-refractivity contribution in [3.8, 4) is 0 Å². The lowest BCUT2D eigenvalue weighted by Crippen LogP contribution is -2.15. The van der Waals surface area contributed by atoms with Crippen LogP contribution in [0.4, 0.5) is 0 Å². The topological polar surface area (TPSA) is 49.7 Å². The monoisotopic (exact) mass is 751 g/mol. The minimum Gasteiger partial charge on any atom is -0.396 e. The first-order valence-electron chi connectivity index (χ1n) is 25.2. The van der Waals surface area contributed by atoms with Crippen molar-refractivity contribution < 1.29 is 14.9 Å². The fourth-order valence-corrected chi connectivity index (χ4v) is 8.14. The maximum atomic E-state index is 10.2. The van der Waals surface area contributed by atoms with E-state index < -0.39 is 0 Å². The first-order valence-corrected chi connectivity index (χ1v) is 25.2. The predicted molar refractivity (Wildman–Crippen MR) is 237 cm³/mol. The summed E-state index contributed by atoms with van der Waals surface area (Å²) >= 11 is 0. The van der Waals surface area contributed by atoms with Gasteiger partial charge in [0.05, 0.1) is 12.7 Å². The average molecular weight is 751 g/mol. The molecule has 1 unspecified atom stereocenters. The standard InChI is InChI=1S/C50H102O3/c1-2-3-4-5-6-7-8-9-30-33-36-39-42-45-48-53-49-50(52)46-43-40-37-34-31-28-26-24-22-20-18-16-14-12-10-11-13-15-17-19-21-23-25-27-29-32-35-38-41-44-47-51/h50-52H,2-49H2,1H3. The number of hydrogen-bond donors (Lipinski definition) is 2. The number of rotatable bonds is 49. The van der Waals surface area contributed by atoms with Crippen LogP contribution >= 0.6 is 0 Å². The molecule has 0 saturated carbocycles. The second-order valence-corrected chi connectivity index (χ2v) is 17.4. The molecule has 1 atom stereocenters. The quantitative estimate of drug-likeness (QED) is 0.0609. The summed E-state index contributed by atoms with van der Waals surface area (Å²) in [5.74, 6) is 0. The molecule has 0 rings (SSSR count). The molecule has 3 heteroatoms. The molecule has 0 saturated heterocycles. The van der Waals surface area contributed by atoms with Gasteiger partial charge in [-0.05, 0) is 19.3 Å². The molecule has 0 amide bonds. The average Bonchev–Trinajstić information content (AvgIpc) is 3.16. The third-order valence-electron chi connectivity index (χ3n) is 11.9. The lowest BCUT2D eigenvalue weighted by atomic mass is 10.0. The van der Waals surface area contributed by atoms with Gasteiger partial charge in [0.1, 0.15) is 0 Å². The number of unbranched alkanes of at least 4 members (excludes halogenated alkanes) is 42. The van der Waals surface area contributed by atoms with Crippen LogP contribution in [-0.4, -0.2) is 36.1 Å². The highest BCUT2D eigenvalue weighted by atomic mass is 16.5. The highest BCUT2D eigenvalue weighted by molar-refractivity contribution is 4.57. The summed E-state index contributed by atoms with van der Waals surface area (Å²) in [7, 11) is 0. The van der Waals surface area contributed by atoms with Crippen molar-refractivity contribution in [2.75, 3.05) is 19.8 Å². The minimum absolute atomic E-state index is 0.262. The Hall–Kier alpha value is -0.120. The molecule has 0 aliphatic rings. The molecular weight excluding hydrogens is 649 g/mol. The Labute approximate surface area is 335 Å². The highest BCUT2D eigenvalue weighted by Gasteiger charge is 2.04. The van der Waals surface area contributed by atoms with Crippen molar-refractivity contribution in [1.82, 2.24) is 0 Å². The van der Waals surface area contributed by atoms with Gasteiger partial charge in [-0.25, -0.2) is 0 Å². The molecule has 53 heavy (non-hydrogen) atoms. The fraction of sp³-hybridized carbons (Fsp3) is 1.00. The summed E-state index contributed by atoms with van der Waals surface area (Å²) in [6.45, 7) is 4.03. The predicted octanol–water partition coefficient (Wildman–Crippen LogP) is 16.9. The van der Waals surface area contributed by atoms with Gasteiger partial charge in [-0.3, -0.25) is 0 Å². The van der Waals surface area contributed by atoms with Gasteiger partial charge in [-0.1, -0.05) is 277 Å². The summed E-state index contributed by atoms with van der Waals surface area (Å²) < 4.78 is 5.77. The van der Waals surface area contributed by atoms with E-state index in [9.17, 15) is 5.11 Å². The lowest BCUT2D eigenvalue weighted by Gasteiger charge is -2.11. The van der Waals surface area contributed by atoms with E-state index in [2.05, 4.69) is 6.92 Å². The van der Waals surface area contributed by atoms with Crippen molar-refractivity contribution in [3.05, 3.63) is 0 Å². The molecular formula is C50H102O3. The second kappa shape index (κ2) is 49.9. The van der Waals surface area contributed by atoms with Crippen molar-refractivity contribution in [3.63, 3.8) is 0 Å². The molecule has 0 aromatic heterocycles. The number of aliphatic hydroxyl groups is 2. The molecule has 3 nitrogen and oxygen atoms in total. The second-order valence-electron chi connectivity index (χ2n) is 17.4. The Morgan fingerprint density at radius 2 is 0.528 bits per heavy atom. The van der Waals surface area contributed by atoms with Gasteiger partial charge < -0.3 is 14.9 Å². The van der Waals surface area contributed by atoms with Crippen molar-refractivity contribution in [1.29, 1.82) is 0 Å². The van der Waals surface area contributed by atoms with Crippen LogP contribution in [0.1, 0.15) is 296 Å². The van der Waals surface area contributed by atoms with E-state index in [1.807, 2.05) is 0 Å². The van der Waals surface area contributed by atoms with Crippen LogP contribution in [0.15, 0.2) is 0 Å². The van der Waals surface area contributed by atoms with Crippen LogP contribution in [0.2, 0.25) is 0 Å². The summed E-state index contributed by atoms with van der Waals surface area (Å²) in [6, 6.07) is 0. The molecule has 0 aliphatic heterocycles. The van der Waals surface area contributed by atoms with Crippen LogP contribution in [0.5, 0.6) is 0 Å². The van der Waals surface area contributed by atoms with Gasteiger partial charge in [0, 0.05) is 13.2 Å². The molecule has 0 aliphatic carbocycles. The zero-order valence-electron chi connectivity index (χ0n) is 36.8. The molecule has 0 aromatic carbocycles. The molecule has 2 N–H and O–H groups in total. The van der Waals surface area contributed by atoms with E-state index in [1.54, 1.807) is 0 Å². The Morgan fingerprint density at radius 3 is 0.792 bits per heavy atom. The zero-order chi connectivity index (χ0) is 38.2. The third-order valence-corrected chi connectivity index (χ3v) is 11.9. The van der Waals surface area contributed by atoms with Crippen LogP contribution < -0.4 is 0 Å². The van der Waals surface area contributed by atoms with Gasteiger partial charge in [0.2, 0.25) is 0 Å². The summed E-state index contributed by atoms with van der Waals surface area (Å²) in [5, 5.41) is 19.1. The van der Waals surface area contributed by atoms with Gasteiger partial charge >= 0.3 is 0 Å². The van der Waals surface area contributed by atoms with Crippen molar-refractivity contribution in [2.24, 2.45) is 0 Å². The summed E-state index contributed by atoms with van der Waals surface area (Å²) in [4.78, 5) is 0. The Bertz CT molecular complexity index is 609. The lowest BCUT2D eigenvalue weighted by molar-refractivity contribution is 0.0297. The highest BCUT2D eigenvalue weighted by Crippen LogP contribution is 2.18. The molecule has 0 bridgehead atoms.